The predicted molar refractivity (Wildman–Crippen MR) is 115 cm³/mol. The Morgan fingerprint density at radius 1 is 1.11 bits per heavy atom. The lowest BCUT2D eigenvalue weighted by molar-refractivity contribution is -0.123. The van der Waals surface area contributed by atoms with Crippen LogP contribution in [-0.2, 0) is 11.8 Å². The first kappa shape index (κ1) is 23.0. The van der Waals surface area contributed by atoms with Gasteiger partial charge in [0.05, 0.1) is 17.1 Å². The van der Waals surface area contributed by atoms with Crippen LogP contribution in [0.15, 0.2) is 54.6 Å². The van der Waals surface area contributed by atoms with Crippen molar-refractivity contribution in [3.05, 3.63) is 66.0 Å². The maximum Gasteiger partial charge on any atom is 0.237 e. The molecule has 2 unspecified atom stereocenters. The molecular weight excluding hydrogens is 383 g/mol. The second-order valence-electron chi connectivity index (χ2n) is 6.27. The molecule has 27 heavy (non-hydrogen) atoms. The molecule has 0 aliphatic rings. The maximum absolute atomic E-state index is 12.5. The molecule has 3 rings (SSSR count). The molecule has 7 heteroatoms. The van der Waals surface area contributed by atoms with E-state index in [-0.39, 0.29) is 36.8 Å². The third-order valence-electron chi connectivity index (χ3n) is 4.44. The lowest BCUT2D eigenvalue weighted by Crippen LogP contribution is -2.43. The van der Waals surface area contributed by atoms with E-state index in [0.29, 0.717) is 6.42 Å². The van der Waals surface area contributed by atoms with Crippen LogP contribution >= 0.6 is 24.8 Å². The molecule has 0 aliphatic carbocycles. The van der Waals surface area contributed by atoms with Crippen molar-refractivity contribution in [3.8, 4) is 0 Å². The van der Waals surface area contributed by atoms with Gasteiger partial charge in [0.25, 0.3) is 0 Å². The number of imidazole rings is 1. The summed E-state index contributed by atoms with van der Waals surface area (Å²) in [5, 5.41) is 3.09. The predicted octanol–water partition coefficient (Wildman–Crippen LogP) is 3.75. The van der Waals surface area contributed by atoms with Gasteiger partial charge in [0.1, 0.15) is 11.9 Å². The molecule has 5 nitrogen and oxygen atoms in total. The van der Waals surface area contributed by atoms with Crippen LogP contribution in [0.4, 0.5) is 0 Å². The van der Waals surface area contributed by atoms with Crippen molar-refractivity contribution in [1.29, 1.82) is 0 Å². The molecule has 2 aromatic carbocycles. The number of aryl methyl sites for hydroxylation is 1. The van der Waals surface area contributed by atoms with Crippen LogP contribution < -0.4 is 11.1 Å². The summed E-state index contributed by atoms with van der Waals surface area (Å²) in [7, 11) is 1.97. The molecule has 1 amide bonds. The summed E-state index contributed by atoms with van der Waals surface area (Å²) in [5.74, 6) is 0.646. The average molecular weight is 409 g/mol. The van der Waals surface area contributed by atoms with E-state index >= 15 is 0 Å². The van der Waals surface area contributed by atoms with Crippen LogP contribution in [0.5, 0.6) is 0 Å². The second kappa shape index (κ2) is 10.3. The number of hydrogen-bond donors (Lipinski definition) is 2. The van der Waals surface area contributed by atoms with Crippen molar-refractivity contribution < 1.29 is 4.79 Å². The van der Waals surface area contributed by atoms with Crippen molar-refractivity contribution in [1.82, 2.24) is 14.9 Å². The molecule has 0 radical (unpaired) electrons. The number of hydrogen-bond acceptors (Lipinski definition) is 3. The molecule has 1 aromatic heterocycles. The number of carbonyl (C=O) groups is 1. The van der Waals surface area contributed by atoms with Crippen LogP contribution in [0.25, 0.3) is 11.0 Å². The van der Waals surface area contributed by atoms with E-state index in [4.69, 9.17) is 10.7 Å². The van der Waals surface area contributed by atoms with Gasteiger partial charge in [-0.25, -0.2) is 4.98 Å². The molecule has 0 fully saturated rings. The van der Waals surface area contributed by atoms with E-state index < -0.39 is 6.04 Å². The topological polar surface area (TPSA) is 72.9 Å². The molecule has 2 atom stereocenters. The van der Waals surface area contributed by atoms with Crippen molar-refractivity contribution in [3.63, 3.8) is 0 Å². The van der Waals surface area contributed by atoms with Crippen LogP contribution in [0.2, 0.25) is 0 Å². The first-order chi connectivity index (χ1) is 12.1. The number of aromatic nitrogens is 2. The molecule has 146 valence electrons. The number of rotatable bonds is 6. The Morgan fingerprint density at radius 2 is 1.74 bits per heavy atom. The van der Waals surface area contributed by atoms with E-state index in [1.165, 1.54) is 0 Å². The third kappa shape index (κ3) is 5.01. The molecule has 0 bridgehead atoms. The van der Waals surface area contributed by atoms with Gasteiger partial charge in [-0.1, -0.05) is 55.8 Å². The Hall–Kier alpha value is -2.08. The van der Waals surface area contributed by atoms with E-state index in [0.717, 1.165) is 28.8 Å². The molecular formula is C20H26Cl2N4O. The minimum atomic E-state index is -0.508. The minimum Gasteiger partial charge on any atom is -0.341 e. The van der Waals surface area contributed by atoms with Crippen LogP contribution in [0.3, 0.4) is 0 Å². The highest BCUT2D eigenvalue weighted by Crippen LogP contribution is 2.25. The monoisotopic (exact) mass is 408 g/mol. The number of benzene rings is 2. The Labute approximate surface area is 172 Å². The summed E-state index contributed by atoms with van der Waals surface area (Å²) >= 11 is 0. The zero-order valence-corrected chi connectivity index (χ0v) is 17.1. The number of nitrogens with one attached hydrogen (secondary N) is 1. The highest BCUT2D eigenvalue weighted by Gasteiger charge is 2.24. The highest BCUT2D eigenvalue weighted by atomic mass is 35.5. The maximum atomic E-state index is 12.5. The van der Waals surface area contributed by atoms with Gasteiger partial charge in [-0.2, -0.15) is 0 Å². The number of amides is 1. The normalized spacial score (nSPS) is 12.6. The summed E-state index contributed by atoms with van der Waals surface area (Å²) in [4.78, 5) is 17.3. The SMILES string of the molecule is CCCC(N)C(=O)NC(c1ccccc1)c1nc2ccccc2n1C.Cl.Cl. The molecule has 0 saturated heterocycles. The third-order valence-corrected chi connectivity index (χ3v) is 4.44. The van der Waals surface area contributed by atoms with Gasteiger partial charge in [-0.15, -0.1) is 24.8 Å². The molecule has 3 N–H and O–H groups in total. The van der Waals surface area contributed by atoms with Gasteiger partial charge in [-0.3, -0.25) is 4.79 Å². The number of nitrogens with two attached hydrogens (primary N) is 1. The zero-order valence-electron chi connectivity index (χ0n) is 15.5. The molecule has 0 aliphatic heterocycles. The van der Waals surface area contributed by atoms with Crippen molar-refractivity contribution in [2.45, 2.75) is 31.8 Å². The number of halogens is 2. The van der Waals surface area contributed by atoms with Crippen LogP contribution in [0.1, 0.15) is 37.2 Å². The first-order valence-electron chi connectivity index (χ1n) is 8.64. The van der Waals surface area contributed by atoms with Gasteiger partial charge in [-0.05, 0) is 24.1 Å². The van der Waals surface area contributed by atoms with Gasteiger partial charge in [0.2, 0.25) is 5.91 Å². The summed E-state index contributed by atoms with van der Waals surface area (Å²) in [6.07, 6.45) is 1.53. The molecule has 0 spiro atoms. The minimum absolute atomic E-state index is 0. The standard InChI is InChI=1S/C20H24N4O.2ClH/c1-3-9-15(21)20(25)23-18(14-10-5-4-6-11-14)19-22-16-12-7-8-13-17(16)24(19)2;;/h4-8,10-13,15,18H,3,9,21H2,1-2H3,(H,23,25);2*1H. The van der Waals surface area contributed by atoms with E-state index in [1.807, 2.05) is 73.1 Å². The number of carbonyl (C=O) groups excluding carboxylic acids is 1. The van der Waals surface area contributed by atoms with Crippen molar-refractivity contribution in [2.75, 3.05) is 0 Å². The van der Waals surface area contributed by atoms with Gasteiger partial charge < -0.3 is 15.6 Å². The quantitative estimate of drug-likeness (QED) is 0.651. The highest BCUT2D eigenvalue weighted by molar-refractivity contribution is 5.85. The zero-order chi connectivity index (χ0) is 17.8. The number of nitrogens with zero attached hydrogens (tertiary/aromatic N) is 2. The van der Waals surface area contributed by atoms with E-state index in [2.05, 4.69) is 5.32 Å². The van der Waals surface area contributed by atoms with Crippen molar-refractivity contribution in [2.24, 2.45) is 12.8 Å². The van der Waals surface area contributed by atoms with E-state index in [9.17, 15) is 4.79 Å². The lowest BCUT2D eigenvalue weighted by atomic mass is 10.0. The van der Waals surface area contributed by atoms with E-state index in [1.54, 1.807) is 0 Å². The second-order valence-corrected chi connectivity index (χ2v) is 6.27. The molecule has 3 aromatic rings. The largest absolute Gasteiger partial charge is 0.341 e. The number of fused-ring (bicyclic) bond motifs is 1. The lowest BCUT2D eigenvalue weighted by Gasteiger charge is -2.21. The molecule has 1 heterocycles. The van der Waals surface area contributed by atoms with Crippen molar-refractivity contribution >= 4 is 41.8 Å². The Morgan fingerprint density at radius 3 is 2.37 bits per heavy atom. The first-order valence-corrected chi connectivity index (χ1v) is 8.64. The van der Waals surface area contributed by atoms with Crippen LogP contribution in [0, 0.1) is 0 Å². The number of para-hydroxylation sites is 2. The van der Waals surface area contributed by atoms with Gasteiger partial charge in [0, 0.05) is 7.05 Å². The van der Waals surface area contributed by atoms with Gasteiger partial charge in [0.15, 0.2) is 0 Å². The summed E-state index contributed by atoms with van der Waals surface area (Å²) < 4.78 is 2.03. The van der Waals surface area contributed by atoms with Gasteiger partial charge >= 0.3 is 0 Å². The van der Waals surface area contributed by atoms with Crippen LogP contribution in [-0.4, -0.2) is 21.5 Å². The Bertz CT molecular complexity index is 867. The fraction of sp³-hybridized carbons (Fsp3) is 0.300. The molecule has 0 saturated carbocycles. The summed E-state index contributed by atoms with van der Waals surface area (Å²) in [6.45, 7) is 2.02. The summed E-state index contributed by atoms with van der Waals surface area (Å²) in [6, 6.07) is 17.0. The summed E-state index contributed by atoms with van der Waals surface area (Å²) in [5.41, 5.74) is 8.93. The smallest absolute Gasteiger partial charge is 0.237 e. The Balaban J connectivity index is 0.00000182. The fourth-order valence-corrected chi connectivity index (χ4v) is 3.06. The fourth-order valence-electron chi connectivity index (χ4n) is 3.06. The Kier molecular flexibility index (Phi) is 8.76. The average Bonchev–Trinajstić information content (AvgIpc) is 2.97.